The molecule has 0 spiro atoms. The summed E-state index contributed by atoms with van der Waals surface area (Å²) >= 11 is 6.68. The number of hydrogen-bond donors (Lipinski definition) is 0. The summed E-state index contributed by atoms with van der Waals surface area (Å²) in [5.41, 5.74) is 0.845. The van der Waals surface area contributed by atoms with Crippen LogP contribution in [0.1, 0.15) is 27.3 Å². The van der Waals surface area contributed by atoms with Gasteiger partial charge >= 0.3 is 0 Å². The van der Waals surface area contributed by atoms with Gasteiger partial charge in [-0.15, -0.1) is 23.1 Å². The van der Waals surface area contributed by atoms with Crippen molar-refractivity contribution in [3.05, 3.63) is 44.3 Å². The summed E-state index contributed by atoms with van der Waals surface area (Å²) in [4.78, 5) is 17.8. The summed E-state index contributed by atoms with van der Waals surface area (Å²) in [5, 5.41) is 1.00. The number of thiazole rings is 1. The Kier molecular flexibility index (Phi) is 4.59. The molecule has 0 fully saturated rings. The molecule has 1 aromatic heterocycles. The molecule has 2 aromatic rings. The van der Waals surface area contributed by atoms with Gasteiger partial charge in [0.25, 0.3) is 0 Å². The number of rotatable bonds is 4. The summed E-state index contributed by atoms with van der Waals surface area (Å²) in [5.74, 6) is 0.901. The van der Waals surface area contributed by atoms with Crippen molar-refractivity contribution in [2.45, 2.75) is 24.5 Å². The molecule has 1 aromatic carbocycles. The third kappa shape index (κ3) is 3.43. The molecular formula is C13H12BrNOS2. The molecule has 0 amide bonds. The van der Waals surface area contributed by atoms with E-state index in [1.54, 1.807) is 18.7 Å². The van der Waals surface area contributed by atoms with E-state index in [1.807, 2.05) is 19.1 Å². The Morgan fingerprint density at radius 3 is 2.89 bits per heavy atom. The molecule has 0 unspecified atom stereocenters. The average Bonchev–Trinajstić information content (AvgIpc) is 2.68. The second kappa shape index (κ2) is 5.99. The highest BCUT2D eigenvalue weighted by Gasteiger charge is 2.11. The summed E-state index contributed by atoms with van der Waals surface area (Å²) in [7, 11) is 0. The number of hydrogen-bond acceptors (Lipinski definition) is 4. The van der Waals surface area contributed by atoms with E-state index in [0.29, 0.717) is 0 Å². The number of Topliss-reactive ketones (excluding diaryl/α,β-unsaturated/α-hetero) is 1. The second-order valence-corrected chi connectivity index (χ2v) is 6.87. The number of benzene rings is 1. The largest absolute Gasteiger partial charge is 0.294 e. The second-order valence-electron chi connectivity index (χ2n) is 3.82. The zero-order valence-corrected chi connectivity index (χ0v) is 13.3. The fourth-order valence-electron chi connectivity index (χ4n) is 1.54. The van der Waals surface area contributed by atoms with Crippen LogP contribution in [0.15, 0.2) is 33.6 Å². The minimum absolute atomic E-state index is 0.101. The van der Waals surface area contributed by atoms with Gasteiger partial charge < -0.3 is 0 Å². The number of carbonyl (C=O) groups is 1. The molecule has 18 heavy (non-hydrogen) atoms. The highest BCUT2D eigenvalue weighted by molar-refractivity contribution is 9.10. The molecule has 0 aliphatic rings. The first kappa shape index (κ1) is 13.8. The number of aryl methyl sites for hydroxylation is 1. The first-order valence-corrected chi connectivity index (χ1v) is 8.01. The Morgan fingerprint density at radius 2 is 2.28 bits per heavy atom. The minimum atomic E-state index is 0.101. The summed E-state index contributed by atoms with van der Waals surface area (Å²) in [6.45, 7) is 3.48. The molecule has 0 aliphatic carbocycles. The van der Waals surface area contributed by atoms with E-state index in [2.05, 4.69) is 33.0 Å². The monoisotopic (exact) mass is 341 g/mol. The van der Waals surface area contributed by atoms with Gasteiger partial charge in [-0.2, -0.15) is 0 Å². The molecule has 0 bridgehead atoms. The maximum Gasteiger partial charge on any atom is 0.171 e. The van der Waals surface area contributed by atoms with E-state index >= 15 is 0 Å². The molecule has 94 valence electrons. The van der Waals surface area contributed by atoms with Gasteiger partial charge in [0.2, 0.25) is 0 Å². The fraction of sp³-hybridized carbons (Fsp3) is 0.231. The average molecular weight is 342 g/mol. The van der Waals surface area contributed by atoms with Crippen molar-refractivity contribution in [2.24, 2.45) is 0 Å². The lowest BCUT2D eigenvalue weighted by Gasteiger charge is -1.99. The van der Waals surface area contributed by atoms with Crippen LogP contribution in [0.25, 0.3) is 0 Å². The smallest absolute Gasteiger partial charge is 0.171 e. The molecule has 0 radical (unpaired) electrons. The van der Waals surface area contributed by atoms with Crippen molar-refractivity contribution < 1.29 is 4.79 Å². The molecular weight excluding hydrogens is 330 g/mol. The van der Waals surface area contributed by atoms with Gasteiger partial charge in [0.05, 0.1) is 16.3 Å². The molecule has 5 heteroatoms. The number of carbonyl (C=O) groups excluding carboxylic acids is 1. The van der Waals surface area contributed by atoms with Crippen molar-refractivity contribution in [1.29, 1.82) is 0 Å². The molecule has 0 aliphatic heterocycles. The van der Waals surface area contributed by atoms with E-state index in [9.17, 15) is 4.79 Å². The molecule has 1 heterocycles. The van der Waals surface area contributed by atoms with Gasteiger partial charge in [0.15, 0.2) is 5.78 Å². The van der Waals surface area contributed by atoms with E-state index in [0.717, 1.165) is 25.8 Å². The van der Waals surface area contributed by atoms with Gasteiger partial charge in [-0.3, -0.25) is 4.79 Å². The van der Waals surface area contributed by atoms with E-state index in [-0.39, 0.29) is 5.78 Å². The number of aromatic nitrogens is 1. The maximum atomic E-state index is 11.4. The van der Waals surface area contributed by atoms with Crippen LogP contribution >= 0.6 is 39.0 Å². The fourth-order valence-corrected chi connectivity index (χ4v) is 4.00. The van der Waals surface area contributed by atoms with Crippen LogP contribution in [0.2, 0.25) is 0 Å². The van der Waals surface area contributed by atoms with Crippen LogP contribution in [0.3, 0.4) is 0 Å². The van der Waals surface area contributed by atoms with Crippen LogP contribution in [-0.4, -0.2) is 10.8 Å². The zero-order chi connectivity index (χ0) is 13.1. The van der Waals surface area contributed by atoms with E-state index in [4.69, 9.17) is 0 Å². The van der Waals surface area contributed by atoms with Crippen LogP contribution in [0.5, 0.6) is 0 Å². The van der Waals surface area contributed by atoms with Gasteiger partial charge in [-0.1, -0.05) is 22.0 Å². The third-order valence-corrected chi connectivity index (χ3v) is 5.26. The summed E-state index contributed by atoms with van der Waals surface area (Å²) in [6, 6.07) is 8.17. The van der Waals surface area contributed by atoms with Crippen molar-refractivity contribution in [1.82, 2.24) is 4.98 Å². The Balaban J connectivity index is 2.06. The molecule has 0 atom stereocenters. The highest BCUT2D eigenvalue weighted by atomic mass is 79.9. The minimum Gasteiger partial charge on any atom is -0.294 e. The zero-order valence-electron chi connectivity index (χ0n) is 10.1. The van der Waals surface area contributed by atoms with E-state index in [1.165, 1.54) is 16.2 Å². The molecule has 2 nitrogen and oxygen atoms in total. The first-order chi connectivity index (χ1) is 8.56. The van der Waals surface area contributed by atoms with Crippen molar-refractivity contribution in [3.63, 3.8) is 0 Å². The Hall–Kier alpha value is -0.650. The lowest BCUT2D eigenvalue weighted by Crippen LogP contribution is -1.89. The highest BCUT2D eigenvalue weighted by Crippen LogP contribution is 2.28. The van der Waals surface area contributed by atoms with Crippen molar-refractivity contribution in [2.75, 3.05) is 0 Å². The Bertz CT molecular complexity index is 580. The quantitative estimate of drug-likeness (QED) is 0.595. The Labute approximate surface area is 123 Å². The van der Waals surface area contributed by atoms with Crippen molar-refractivity contribution >= 4 is 44.8 Å². The van der Waals surface area contributed by atoms with Crippen molar-refractivity contribution in [3.8, 4) is 0 Å². The van der Waals surface area contributed by atoms with Crippen LogP contribution < -0.4 is 0 Å². The predicted octanol–water partition coefficient (Wildman–Crippen LogP) is 4.71. The lowest BCUT2D eigenvalue weighted by atomic mass is 10.3. The summed E-state index contributed by atoms with van der Waals surface area (Å²) < 4.78 is 1.08. The number of ketones is 1. The Morgan fingerprint density at radius 1 is 1.50 bits per heavy atom. The van der Waals surface area contributed by atoms with E-state index < -0.39 is 0 Å². The maximum absolute atomic E-state index is 11.4. The number of nitrogens with zero attached hydrogens (tertiary/aromatic N) is 1. The topological polar surface area (TPSA) is 30.0 Å². The van der Waals surface area contributed by atoms with Gasteiger partial charge in [0, 0.05) is 16.3 Å². The predicted molar refractivity (Wildman–Crippen MR) is 80.6 cm³/mol. The van der Waals surface area contributed by atoms with Crippen LogP contribution in [-0.2, 0) is 5.75 Å². The van der Waals surface area contributed by atoms with Gasteiger partial charge in [-0.25, -0.2) is 4.98 Å². The molecule has 0 saturated carbocycles. The number of thioether (sulfide) groups is 1. The van der Waals surface area contributed by atoms with Crippen LogP contribution in [0.4, 0.5) is 0 Å². The van der Waals surface area contributed by atoms with Gasteiger partial charge in [-0.05, 0) is 25.1 Å². The standard InChI is InChI=1S/C13H12BrNOS2/c1-8-13(9(2)16)18-12(15-8)7-17-11-5-3-4-10(14)6-11/h3-6H,7H2,1-2H3. The summed E-state index contributed by atoms with van der Waals surface area (Å²) in [6.07, 6.45) is 0. The molecule has 0 N–H and O–H groups in total. The third-order valence-electron chi connectivity index (χ3n) is 2.32. The van der Waals surface area contributed by atoms with Gasteiger partial charge in [0.1, 0.15) is 5.01 Å². The first-order valence-electron chi connectivity index (χ1n) is 5.42. The SMILES string of the molecule is CC(=O)c1sc(CSc2cccc(Br)c2)nc1C. The number of halogens is 1. The van der Waals surface area contributed by atoms with Crippen LogP contribution in [0, 0.1) is 6.92 Å². The normalized spacial score (nSPS) is 10.6. The molecule has 0 saturated heterocycles. The molecule has 2 rings (SSSR count). The lowest BCUT2D eigenvalue weighted by molar-refractivity contribution is 0.102.